The van der Waals surface area contributed by atoms with Crippen molar-refractivity contribution in [2.45, 2.75) is 44.9 Å². The minimum atomic E-state index is -0.0556. The van der Waals surface area contributed by atoms with Gasteiger partial charge in [0, 0.05) is 20.0 Å². The fourth-order valence-electron chi connectivity index (χ4n) is 3.68. The average molecular weight is 502 g/mol. The molecule has 0 aromatic heterocycles. The van der Waals surface area contributed by atoms with Crippen LogP contribution in [0.15, 0.2) is 47.6 Å². The summed E-state index contributed by atoms with van der Waals surface area (Å²) < 4.78 is 16.7. The molecule has 7 nitrogen and oxygen atoms in total. The van der Waals surface area contributed by atoms with Gasteiger partial charge in [-0.1, -0.05) is 23.7 Å². The van der Waals surface area contributed by atoms with Gasteiger partial charge >= 0.3 is 0 Å². The van der Waals surface area contributed by atoms with E-state index < -0.39 is 0 Å². The molecule has 2 aromatic carbocycles. The quantitative estimate of drug-likeness (QED) is 0.324. The second-order valence-electron chi connectivity index (χ2n) is 8.49. The highest BCUT2D eigenvalue weighted by molar-refractivity contribution is 6.32. The maximum Gasteiger partial charge on any atom is 0.240 e. The van der Waals surface area contributed by atoms with Gasteiger partial charge < -0.3 is 19.5 Å². The van der Waals surface area contributed by atoms with Crippen molar-refractivity contribution < 1.29 is 19.0 Å². The lowest BCUT2D eigenvalue weighted by molar-refractivity contribution is -0.121. The molecule has 1 aliphatic heterocycles. The minimum Gasteiger partial charge on any atom is -0.494 e. The standard InChI is InChI=1S/C27H36ClN3O4/c1-33-19-14-21-6-9-23(10-7-21)34-18-5-16-29-15-3-2-4-17-35-26-12-8-22(20-24(26)28)25-11-13-27(32)31-30-25/h6-10,12,20,29H,2-5,11,13-19H2,1H3,(H,31,32). The second kappa shape index (κ2) is 15.4. The zero-order valence-electron chi connectivity index (χ0n) is 20.5. The topological polar surface area (TPSA) is 81.2 Å². The first-order valence-electron chi connectivity index (χ1n) is 12.4. The van der Waals surface area contributed by atoms with Gasteiger partial charge in [-0.15, -0.1) is 0 Å². The Labute approximate surface area is 213 Å². The zero-order chi connectivity index (χ0) is 24.7. The van der Waals surface area contributed by atoms with Crippen molar-refractivity contribution in [1.82, 2.24) is 10.7 Å². The Morgan fingerprint density at radius 2 is 1.74 bits per heavy atom. The third-order valence-electron chi connectivity index (χ3n) is 5.71. The summed E-state index contributed by atoms with van der Waals surface area (Å²) >= 11 is 6.37. The van der Waals surface area contributed by atoms with Gasteiger partial charge in [-0.2, -0.15) is 5.10 Å². The maximum atomic E-state index is 11.2. The number of halogens is 1. The first kappa shape index (κ1) is 27.0. The number of rotatable bonds is 16. The van der Waals surface area contributed by atoms with Gasteiger partial charge in [-0.05, 0) is 86.7 Å². The predicted octanol–water partition coefficient (Wildman–Crippen LogP) is 4.75. The van der Waals surface area contributed by atoms with E-state index in [4.69, 9.17) is 25.8 Å². The number of hydrogen-bond donors (Lipinski definition) is 2. The number of benzene rings is 2. The minimum absolute atomic E-state index is 0.0556. The lowest BCUT2D eigenvalue weighted by atomic mass is 10.0. The van der Waals surface area contributed by atoms with Crippen LogP contribution in [0.2, 0.25) is 5.02 Å². The average Bonchev–Trinajstić information content (AvgIpc) is 2.88. The molecule has 0 atom stereocenters. The molecule has 1 heterocycles. The van der Waals surface area contributed by atoms with E-state index in [2.05, 4.69) is 28.0 Å². The van der Waals surface area contributed by atoms with E-state index in [1.54, 1.807) is 7.11 Å². The van der Waals surface area contributed by atoms with Gasteiger partial charge in [0.1, 0.15) is 11.5 Å². The molecule has 35 heavy (non-hydrogen) atoms. The molecule has 0 radical (unpaired) electrons. The maximum absolute atomic E-state index is 11.2. The Kier molecular flexibility index (Phi) is 11.9. The number of hydrazone groups is 1. The lowest BCUT2D eigenvalue weighted by Gasteiger charge is -2.14. The van der Waals surface area contributed by atoms with Crippen LogP contribution in [0, 0.1) is 0 Å². The summed E-state index contributed by atoms with van der Waals surface area (Å²) in [6.45, 7) is 4.01. The number of unbranched alkanes of at least 4 members (excludes halogenated alkanes) is 2. The van der Waals surface area contributed by atoms with Crippen LogP contribution in [-0.4, -0.2) is 51.6 Å². The van der Waals surface area contributed by atoms with E-state index in [1.807, 2.05) is 30.3 Å². The Bertz CT molecular complexity index is 950. The van der Waals surface area contributed by atoms with Gasteiger partial charge in [0.05, 0.1) is 30.6 Å². The number of carbonyl (C=O) groups is 1. The van der Waals surface area contributed by atoms with Crippen molar-refractivity contribution in [3.8, 4) is 11.5 Å². The number of hydrogen-bond acceptors (Lipinski definition) is 6. The summed E-state index contributed by atoms with van der Waals surface area (Å²) in [4.78, 5) is 11.2. The van der Waals surface area contributed by atoms with Gasteiger partial charge in [0.2, 0.25) is 5.91 Å². The van der Waals surface area contributed by atoms with Crippen LogP contribution in [0.5, 0.6) is 11.5 Å². The molecule has 0 saturated heterocycles. The molecule has 0 saturated carbocycles. The Balaban J connectivity index is 1.18. The van der Waals surface area contributed by atoms with Crippen LogP contribution in [0.3, 0.4) is 0 Å². The van der Waals surface area contributed by atoms with Gasteiger partial charge in [-0.3, -0.25) is 4.79 Å². The van der Waals surface area contributed by atoms with Crippen molar-refractivity contribution in [2.24, 2.45) is 5.10 Å². The molecule has 8 heteroatoms. The fourth-order valence-corrected chi connectivity index (χ4v) is 3.91. The molecule has 2 N–H and O–H groups in total. The van der Waals surface area contributed by atoms with Crippen LogP contribution in [0.1, 0.15) is 49.7 Å². The van der Waals surface area contributed by atoms with E-state index in [0.29, 0.717) is 36.8 Å². The molecule has 0 aliphatic carbocycles. The van der Waals surface area contributed by atoms with Crippen LogP contribution < -0.4 is 20.2 Å². The molecular weight excluding hydrogens is 466 g/mol. The van der Waals surface area contributed by atoms with Gasteiger partial charge in [0.25, 0.3) is 0 Å². The van der Waals surface area contributed by atoms with Gasteiger partial charge in [0.15, 0.2) is 0 Å². The molecule has 1 amide bonds. The van der Waals surface area contributed by atoms with Crippen molar-refractivity contribution in [1.29, 1.82) is 0 Å². The molecule has 3 rings (SSSR count). The summed E-state index contributed by atoms with van der Waals surface area (Å²) in [5.41, 5.74) is 5.52. The lowest BCUT2D eigenvalue weighted by Crippen LogP contribution is -2.25. The molecule has 190 valence electrons. The van der Waals surface area contributed by atoms with E-state index in [9.17, 15) is 4.79 Å². The summed E-state index contributed by atoms with van der Waals surface area (Å²) in [6, 6.07) is 13.9. The molecule has 2 aromatic rings. The van der Waals surface area contributed by atoms with Gasteiger partial charge in [-0.25, -0.2) is 5.43 Å². The van der Waals surface area contributed by atoms with Crippen LogP contribution in [0.25, 0.3) is 0 Å². The highest BCUT2D eigenvalue weighted by atomic mass is 35.5. The Morgan fingerprint density at radius 1 is 0.943 bits per heavy atom. The summed E-state index contributed by atoms with van der Waals surface area (Å²) in [5, 5.41) is 8.14. The second-order valence-corrected chi connectivity index (χ2v) is 8.89. The largest absolute Gasteiger partial charge is 0.494 e. The SMILES string of the molecule is COCCc1ccc(OCCCNCCCCCOc2ccc(C3=NNC(=O)CC3)cc2Cl)cc1. The molecule has 0 spiro atoms. The molecule has 1 aliphatic rings. The van der Waals surface area contributed by atoms with Crippen molar-refractivity contribution >= 4 is 23.2 Å². The van der Waals surface area contributed by atoms with Crippen molar-refractivity contribution in [3.05, 3.63) is 58.6 Å². The highest BCUT2D eigenvalue weighted by Crippen LogP contribution is 2.27. The normalized spacial score (nSPS) is 13.3. The number of methoxy groups -OCH3 is 1. The summed E-state index contributed by atoms with van der Waals surface area (Å²) in [6.07, 6.45) is 6.13. The third-order valence-corrected chi connectivity index (χ3v) is 6.01. The number of nitrogens with one attached hydrogen (secondary N) is 2. The molecule has 0 bridgehead atoms. The van der Waals surface area contributed by atoms with Crippen molar-refractivity contribution in [3.63, 3.8) is 0 Å². The van der Waals surface area contributed by atoms with Crippen LogP contribution >= 0.6 is 11.6 Å². The zero-order valence-corrected chi connectivity index (χ0v) is 21.2. The summed E-state index contributed by atoms with van der Waals surface area (Å²) in [7, 11) is 1.72. The number of ether oxygens (including phenoxy) is 3. The van der Waals surface area contributed by atoms with Crippen LogP contribution in [0.4, 0.5) is 0 Å². The predicted molar refractivity (Wildman–Crippen MR) is 140 cm³/mol. The molecular formula is C27H36ClN3O4. The highest BCUT2D eigenvalue weighted by Gasteiger charge is 2.14. The third kappa shape index (κ3) is 9.88. The number of nitrogens with zero attached hydrogens (tertiary/aromatic N) is 1. The van der Waals surface area contributed by atoms with E-state index >= 15 is 0 Å². The number of carbonyl (C=O) groups excluding carboxylic acids is 1. The van der Waals surface area contributed by atoms with E-state index in [-0.39, 0.29) is 5.91 Å². The van der Waals surface area contributed by atoms with Crippen LogP contribution in [-0.2, 0) is 16.0 Å². The van der Waals surface area contributed by atoms with E-state index in [0.717, 1.165) is 68.8 Å². The Hall–Kier alpha value is -2.61. The summed E-state index contributed by atoms with van der Waals surface area (Å²) in [5.74, 6) is 1.54. The monoisotopic (exact) mass is 501 g/mol. The first-order valence-corrected chi connectivity index (χ1v) is 12.7. The molecule has 0 unspecified atom stereocenters. The molecule has 0 fully saturated rings. The smallest absolute Gasteiger partial charge is 0.240 e. The van der Waals surface area contributed by atoms with Crippen molar-refractivity contribution in [2.75, 3.05) is 40.0 Å². The Morgan fingerprint density at radius 3 is 2.49 bits per heavy atom. The van der Waals surface area contributed by atoms with E-state index in [1.165, 1.54) is 5.56 Å². The fraction of sp³-hybridized carbons (Fsp3) is 0.481. The first-order chi connectivity index (χ1) is 17.2. The number of amides is 1.